The maximum absolute atomic E-state index is 4.83. The van der Waals surface area contributed by atoms with Gasteiger partial charge in [0.25, 0.3) is 0 Å². The van der Waals surface area contributed by atoms with E-state index in [1.807, 2.05) is 6.07 Å². The van der Waals surface area contributed by atoms with E-state index in [0.29, 0.717) is 11.9 Å². The zero-order chi connectivity index (χ0) is 18.5. The quantitative estimate of drug-likeness (QED) is 0.736. The molecule has 3 heterocycles. The Morgan fingerprint density at radius 3 is 2.74 bits per heavy atom. The fourth-order valence-electron chi connectivity index (χ4n) is 3.70. The molecule has 0 spiro atoms. The molecule has 4 rings (SSSR count). The summed E-state index contributed by atoms with van der Waals surface area (Å²) < 4.78 is 0. The number of hydrogen-bond donors (Lipinski definition) is 1. The van der Waals surface area contributed by atoms with Crippen LogP contribution in [0.2, 0.25) is 0 Å². The fraction of sp³-hybridized carbons (Fsp3) is 0.318. The van der Waals surface area contributed by atoms with Crippen LogP contribution in [0.3, 0.4) is 0 Å². The molecule has 138 valence electrons. The highest BCUT2D eigenvalue weighted by Gasteiger charge is 2.23. The van der Waals surface area contributed by atoms with Crippen molar-refractivity contribution in [3.63, 3.8) is 0 Å². The van der Waals surface area contributed by atoms with Crippen LogP contribution in [0.5, 0.6) is 0 Å². The van der Waals surface area contributed by atoms with Crippen molar-refractivity contribution in [2.45, 2.75) is 32.2 Å². The highest BCUT2D eigenvalue weighted by atomic mass is 15.1. The zero-order valence-electron chi connectivity index (χ0n) is 15.7. The lowest BCUT2D eigenvalue weighted by molar-refractivity contribution is 0.198. The van der Waals surface area contributed by atoms with Gasteiger partial charge in [0, 0.05) is 37.1 Å². The molecule has 0 saturated carbocycles. The summed E-state index contributed by atoms with van der Waals surface area (Å²) in [6, 6.07) is 16.6. The highest BCUT2D eigenvalue weighted by molar-refractivity contribution is 5.47. The Morgan fingerprint density at radius 1 is 1.04 bits per heavy atom. The summed E-state index contributed by atoms with van der Waals surface area (Å²) in [7, 11) is 0. The number of nitrogens with zero attached hydrogens (tertiary/aromatic N) is 4. The van der Waals surface area contributed by atoms with Crippen LogP contribution in [-0.4, -0.2) is 32.9 Å². The Morgan fingerprint density at radius 2 is 1.89 bits per heavy atom. The van der Waals surface area contributed by atoms with E-state index < -0.39 is 0 Å². The SMILES string of the molecule is Cc1ccccc1CN1CCC[C@H](c2cccc(Nc3ncccn3)n2)C1. The molecule has 3 aromatic rings. The van der Waals surface area contributed by atoms with Crippen molar-refractivity contribution < 1.29 is 0 Å². The molecule has 5 heteroatoms. The first-order valence-electron chi connectivity index (χ1n) is 9.56. The lowest BCUT2D eigenvalue weighted by Gasteiger charge is -2.33. The third-order valence-electron chi connectivity index (χ3n) is 5.16. The van der Waals surface area contributed by atoms with Gasteiger partial charge >= 0.3 is 0 Å². The Kier molecular flexibility index (Phi) is 5.39. The van der Waals surface area contributed by atoms with Crippen LogP contribution in [0.15, 0.2) is 60.9 Å². The van der Waals surface area contributed by atoms with Crippen LogP contribution in [0, 0.1) is 6.92 Å². The number of pyridine rings is 1. The number of piperidine rings is 1. The number of nitrogens with one attached hydrogen (secondary N) is 1. The zero-order valence-corrected chi connectivity index (χ0v) is 15.7. The molecule has 1 aromatic carbocycles. The van der Waals surface area contributed by atoms with Crippen molar-refractivity contribution >= 4 is 11.8 Å². The maximum Gasteiger partial charge on any atom is 0.228 e. The minimum atomic E-state index is 0.459. The van der Waals surface area contributed by atoms with Crippen LogP contribution in [0.25, 0.3) is 0 Å². The summed E-state index contributed by atoms with van der Waals surface area (Å²) in [5, 5.41) is 3.19. The van der Waals surface area contributed by atoms with Crippen molar-refractivity contribution in [2.75, 3.05) is 18.4 Å². The monoisotopic (exact) mass is 359 g/mol. The number of hydrogen-bond acceptors (Lipinski definition) is 5. The van der Waals surface area contributed by atoms with Gasteiger partial charge in [0.2, 0.25) is 5.95 Å². The van der Waals surface area contributed by atoms with Crippen LogP contribution in [-0.2, 0) is 6.54 Å². The van der Waals surface area contributed by atoms with Gasteiger partial charge < -0.3 is 5.32 Å². The molecule has 1 aliphatic heterocycles. The van der Waals surface area contributed by atoms with Gasteiger partial charge in [-0.3, -0.25) is 4.90 Å². The fourth-order valence-corrected chi connectivity index (χ4v) is 3.70. The van der Waals surface area contributed by atoms with E-state index in [-0.39, 0.29) is 0 Å². The van der Waals surface area contributed by atoms with E-state index in [0.717, 1.165) is 31.1 Å². The second-order valence-corrected chi connectivity index (χ2v) is 7.15. The van der Waals surface area contributed by atoms with Crippen LogP contribution < -0.4 is 5.32 Å². The molecule has 0 aliphatic carbocycles. The average Bonchev–Trinajstić information content (AvgIpc) is 2.71. The van der Waals surface area contributed by atoms with Crippen LogP contribution in [0.4, 0.5) is 11.8 Å². The van der Waals surface area contributed by atoms with E-state index in [4.69, 9.17) is 4.98 Å². The molecule has 1 fully saturated rings. The summed E-state index contributed by atoms with van der Waals surface area (Å²) in [6.07, 6.45) is 5.84. The molecule has 0 unspecified atom stereocenters. The molecular weight excluding hydrogens is 334 g/mol. The molecule has 1 N–H and O–H groups in total. The van der Waals surface area contributed by atoms with Gasteiger partial charge in [-0.2, -0.15) is 0 Å². The van der Waals surface area contributed by atoms with Crippen LogP contribution in [0.1, 0.15) is 35.6 Å². The van der Waals surface area contributed by atoms with E-state index in [1.54, 1.807) is 18.5 Å². The molecule has 0 amide bonds. The molecule has 1 aliphatic rings. The minimum absolute atomic E-state index is 0.459. The molecule has 0 radical (unpaired) electrons. The third kappa shape index (κ3) is 4.49. The molecule has 1 atom stereocenters. The van der Waals surface area contributed by atoms with Crippen molar-refractivity contribution in [3.05, 3.63) is 77.7 Å². The van der Waals surface area contributed by atoms with E-state index in [1.165, 1.54) is 24.0 Å². The maximum atomic E-state index is 4.83. The minimum Gasteiger partial charge on any atom is -0.309 e. The van der Waals surface area contributed by atoms with Gasteiger partial charge in [0.1, 0.15) is 5.82 Å². The van der Waals surface area contributed by atoms with Gasteiger partial charge in [-0.05, 0) is 55.6 Å². The highest BCUT2D eigenvalue weighted by Crippen LogP contribution is 2.28. The molecule has 5 nitrogen and oxygen atoms in total. The predicted octanol–water partition coefficient (Wildman–Crippen LogP) is 4.30. The third-order valence-corrected chi connectivity index (χ3v) is 5.16. The standard InChI is InChI=1S/C22H25N5/c1-17-7-2-3-8-18(17)15-27-14-5-9-19(16-27)20-10-4-11-21(25-20)26-22-23-12-6-13-24-22/h2-4,6-8,10-13,19H,5,9,14-16H2,1H3,(H,23,24,25,26)/t19-/m0/s1. The number of benzene rings is 1. The van der Waals surface area contributed by atoms with Crippen molar-refractivity contribution in [1.82, 2.24) is 19.9 Å². The first-order chi connectivity index (χ1) is 13.3. The molecule has 2 aromatic heterocycles. The number of likely N-dealkylation sites (tertiary alicyclic amines) is 1. The molecule has 0 bridgehead atoms. The second-order valence-electron chi connectivity index (χ2n) is 7.15. The van der Waals surface area contributed by atoms with Crippen molar-refractivity contribution in [3.8, 4) is 0 Å². The summed E-state index contributed by atoms with van der Waals surface area (Å²) >= 11 is 0. The van der Waals surface area contributed by atoms with Gasteiger partial charge in [0.15, 0.2) is 0 Å². The lowest BCUT2D eigenvalue weighted by atomic mass is 9.93. The van der Waals surface area contributed by atoms with Gasteiger partial charge in [0.05, 0.1) is 0 Å². The summed E-state index contributed by atoms with van der Waals surface area (Å²) in [5.74, 6) is 1.84. The Balaban J connectivity index is 1.45. The molecule has 27 heavy (non-hydrogen) atoms. The first kappa shape index (κ1) is 17.6. The van der Waals surface area contributed by atoms with Gasteiger partial charge in [-0.1, -0.05) is 30.3 Å². The first-order valence-corrected chi connectivity index (χ1v) is 9.56. The average molecular weight is 359 g/mol. The molecule has 1 saturated heterocycles. The second kappa shape index (κ2) is 8.27. The summed E-state index contributed by atoms with van der Waals surface area (Å²) in [5.41, 5.74) is 3.93. The Labute approximate surface area is 160 Å². The Hall–Kier alpha value is -2.79. The van der Waals surface area contributed by atoms with Gasteiger partial charge in [-0.15, -0.1) is 0 Å². The van der Waals surface area contributed by atoms with Crippen molar-refractivity contribution in [2.24, 2.45) is 0 Å². The van der Waals surface area contributed by atoms with E-state index in [9.17, 15) is 0 Å². The number of rotatable bonds is 5. The lowest BCUT2D eigenvalue weighted by Crippen LogP contribution is -2.34. The van der Waals surface area contributed by atoms with Crippen LogP contribution >= 0.6 is 0 Å². The number of aryl methyl sites for hydroxylation is 1. The smallest absolute Gasteiger partial charge is 0.228 e. The van der Waals surface area contributed by atoms with E-state index >= 15 is 0 Å². The summed E-state index contributed by atoms with van der Waals surface area (Å²) in [6.45, 7) is 5.41. The largest absolute Gasteiger partial charge is 0.309 e. The number of anilines is 2. The topological polar surface area (TPSA) is 53.9 Å². The normalized spacial score (nSPS) is 17.6. The Bertz CT molecular complexity index is 881. The van der Waals surface area contributed by atoms with Crippen molar-refractivity contribution in [1.29, 1.82) is 0 Å². The summed E-state index contributed by atoms with van der Waals surface area (Å²) in [4.78, 5) is 15.8. The van der Waals surface area contributed by atoms with Gasteiger partial charge in [-0.25, -0.2) is 15.0 Å². The molecular formula is C22H25N5. The number of aromatic nitrogens is 3. The predicted molar refractivity (Wildman–Crippen MR) is 108 cm³/mol. The van der Waals surface area contributed by atoms with E-state index in [2.05, 4.69) is 63.5 Å².